The first-order valence-corrected chi connectivity index (χ1v) is 7.77. The van der Waals surface area contributed by atoms with Gasteiger partial charge in [0.05, 0.1) is 15.4 Å². The Balaban J connectivity index is 1.92. The van der Waals surface area contributed by atoms with Crippen molar-refractivity contribution in [1.29, 1.82) is 0 Å². The lowest BCUT2D eigenvalue weighted by Crippen LogP contribution is -2.30. The van der Waals surface area contributed by atoms with Crippen LogP contribution in [-0.4, -0.2) is 28.3 Å². The Bertz CT molecular complexity index is 917. The fourth-order valence-corrected chi connectivity index (χ4v) is 2.26. The third-order valence-electron chi connectivity index (χ3n) is 3.38. The molecule has 0 fully saturated rings. The summed E-state index contributed by atoms with van der Waals surface area (Å²) in [7, 11) is 0. The molecule has 1 amide bonds. The summed E-state index contributed by atoms with van der Waals surface area (Å²) in [5.41, 5.74) is -0.487. The number of ether oxygens (including phenoxy) is 1. The van der Waals surface area contributed by atoms with Gasteiger partial charge in [0.15, 0.2) is 0 Å². The number of carbonyl (C=O) groups excluding carboxylic acids is 2. The quantitative estimate of drug-likeness (QED) is 0.432. The first-order chi connectivity index (χ1) is 12.8. The van der Waals surface area contributed by atoms with Gasteiger partial charge in [-0.1, -0.05) is 23.7 Å². The van der Waals surface area contributed by atoms with Crippen molar-refractivity contribution in [2.75, 3.05) is 6.54 Å². The lowest BCUT2D eigenvalue weighted by Gasteiger charge is -2.07. The summed E-state index contributed by atoms with van der Waals surface area (Å²) in [5.74, 6) is -1.57. The minimum Gasteiger partial charge on any atom is -0.459 e. The van der Waals surface area contributed by atoms with Gasteiger partial charge in [0.25, 0.3) is 17.3 Å². The van der Waals surface area contributed by atoms with Crippen molar-refractivity contribution < 1.29 is 24.2 Å². The Morgan fingerprint density at radius 1 is 1.04 bits per heavy atom. The molecule has 1 N–H and O–H groups in total. The second kappa shape index (κ2) is 8.72. The van der Waals surface area contributed by atoms with Crippen LogP contribution >= 0.6 is 11.6 Å². The molecule has 0 aliphatic carbocycles. The molecule has 0 unspecified atom stereocenters. The number of esters is 1. The van der Waals surface area contributed by atoms with E-state index in [2.05, 4.69) is 5.32 Å². The maximum absolute atomic E-state index is 12.0. The van der Waals surface area contributed by atoms with Crippen LogP contribution in [0.1, 0.15) is 15.9 Å². The summed E-state index contributed by atoms with van der Waals surface area (Å²) in [6, 6.07) is 9.21. The molecule has 0 heterocycles. The Kier molecular flexibility index (Phi) is 6.39. The van der Waals surface area contributed by atoms with E-state index in [1.54, 1.807) is 6.07 Å². The zero-order valence-corrected chi connectivity index (χ0v) is 14.3. The number of amides is 1. The summed E-state index contributed by atoms with van der Waals surface area (Å²) < 4.78 is 4.90. The standard InChI is InChI=1S/C16H12ClN3O7/c17-12-6-5-10(7-14(12)20(25)26)16(22)18-8-15(21)27-9-11-3-1-2-4-13(11)19(23)24/h1-7H,8-9H2,(H,18,22). The van der Waals surface area contributed by atoms with Gasteiger partial charge in [-0.15, -0.1) is 0 Å². The van der Waals surface area contributed by atoms with E-state index in [1.165, 1.54) is 30.3 Å². The SMILES string of the molecule is O=C(CNC(=O)c1ccc(Cl)c([N+](=O)[O-])c1)OCc1ccccc1[N+](=O)[O-]. The third-order valence-corrected chi connectivity index (χ3v) is 3.69. The number of carbonyl (C=O) groups is 2. The van der Waals surface area contributed by atoms with Gasteiger partial charge in [-0.25, -0.2) is 0 Å². The summed E-state index contributed by atoms with van der Waals surface area (Å²) in [6.45, 7) is -0.853. The number of nitrogens with one attached hydrogen (secondary N) is 1. The first kappa shape index (κ1) is 19.8. The molecule has 2 rings (SSSR count). The van der Waals surface area contributed by atoms with Gasteiger partial charge in [-0.3, -0.25) is 29.8 Å². The second-order valence-corrected chi connectivity index (χ2v) is 5.56. The third kappa shape index (κ3) is 5.22. The van der Waals surface area contributed by atoms with Crippen molar-refractivity contribution in [2.45, 2.75) is 6.61 Å². The van der Waals surface area contributed by atoms with Crippen molar-refractivity contribution in [3.8, 4) is 0 Å². The highest BCUT2D eigenvalue weighted by molar-refractivity contribution is 6.32. The number of hydrogen-bond donors (Lipinski definition) is 1. The number of nitro benzene ring substituents is 2. The van der Waals surface area contributed by atoms with Gasteiger partial charge in [0.2, 0.25) is 0 Å². The molecule has 0 aromatic heterocycles. The molecule has 0 aliphatic rings. The van der Waals surface area contributed by atoms with Crippen LogP contribution in [0.15, 0.2) is 42.5 Å². The fourth-order valence-electron chi connectivity index (χ4n) is 2.07. The number of benzene rings is 2. The highest BCUT2D eigenvalue weighted by Gasteiger charge is 2.18. The molecule has 0 bridgehead atoms. The van der Waals surface area contributed by atoms with Crippen LogP contribution in [0.3, 0.4) is 0 Å². The molecule has 2 aromatic rings. The predicted octanol–water partition coefficient (Wildman–Crippen LogP) is 2.63. The molecule has 0 aliphatic heterocycles. The molecular formula is C16H12ClN3O7. The topological polar surface area (TPSA) is 142 Å². The first-order valence-electron chi connectivity index (χ1n) is 7.39. The molecule has 0 radical (unpaired) electrons. The summed E-state index contributed by atoms with van der Waals surface area (Å²) in [6.07, 6.45) is 0. The molecule has 0 spiro atoms. The minimum absolute atomic E-state index is 0.0578. The number of rotatable bonds is 7. The van der Waals surface area contributed by atoms with Crippen LogP contribution in [0.25, 0.3) is 0 Å². The smallest absolute Gasteiger partial charge is 0.325 e. The van der Waals surface area contributed by atoms with E-state index in [0.29, 0.717) is 0 Å². The highest BCUT2D eigenvalue weighted by Crippen LogP contribution is 2.25. The summed E-state index contributed by atoms with van der Waals surface area (Å²) in [5, 5.41) is 23.8. The molecule has 0 saturated heterocycles. The number of hydrogen-bond acceptors (Lipinski definition) is 7. The van der Waals surface area contributed by atoms with E-state index in [0.717, 1.165) is 6.07 Å². The lowest BCUT2D eigenvalue weighted by atomic mass is 10.2. The molecule has 10 nitrogen and oxygen atoms in total. The number of nitro groups is 2. The predicted molar refractivity (Wildman–Crippen MR) is 93.3 cm³/mol. The van der Waals surface area contributed by atoms with E-state index in [1.807, 2.05) is 0 Å². The largest absolute Gasteiger partial charge is 0.459 e. The van der Waals surface area contributed by atoms with Crippen molar-refractivity contribution in [2.24, 2.45) is 0 Å². The molecular weight excluding hydrogens is 382 g/mol. The van der Waals surface area contributed by atoms with Crippen molar-refractivity contribution in [3.63, 3.8) is 0 Å². The molecule has 2 aromatic carbocycles. The minimum atomic E-state index is -0.829. The van der Waals surface area contributed by atoms with Gasteiger partial charge in [-0.2, -0.15) is 0 Å². The van der Waals surface area contributed by atoms with E-state index in [-0.39, 0.29) is 28.4 Å². The highest BCUT2D eigenvalue weighted by atomic mass is 35.5. The summed E-state index contributed by atoms with van der Waals surface area (Å²) >= 11 is 5.66. The average molecular weight is 394 g/mol. The zero-order chi connectivity index (χ0) is 20.0. The monoisotopic (exact) mass is 393 g/mol. The van der Waals surface area contributed by atoms with Crippen molar-refractivity contribution in [1.82, 2.24) is 5.32 Å². The van der Waals surface area contributed by atoms with Gasteiger partial charge >= 0.3 is 5.97 Å². The van der Waals surface area contributed by atoms with Crippen molar-refractivity contribution >= 4 is 34.9 Å². The maximum atomic E-state index is 12.0. The van der Waals surface area contributed by atoms with E-state index in [9.17, 15) is 29.8 Å². The van der Waals surface area contributed by atoms with Gasteiger partial charge in [-0.05, 0) is 18.2 Å². The Morgan fingerprint density at radius 2 is 1.70 bits per heavy atom. The Morgan fingerprint density at radius 3 is 2.37 bits per heavy atom. The van der Waals surface area contributed by atoms with Crippen LogP contribution < -0.4 is 5.32 Å². The van der Waals surface area contributed by atoms with Crippen LogP contribution in [0.4, 0.5) is 11.4 Å². The van der Waals surface area contributed by atoms with Crippen LogP contribution in [0, 0.1) is 20.2 Å². The fraction of sp³-hybridized carbons (Fsp3) is 0.125. The summed E-state index contributed by atoms with van der Waals surface area (Å²) in [4.78, 5) is 44.1. The van der Waals surface area contributed by atoms with E-state index >= 15 is 0 Å². The molecule has 11 heteroatoms. The second-order valence-electron chi connectivity index (χ2n) is 5.15. The maximum Gasteiger partial charge on any atom is 0.325 e. The number of halogens is 1. The number of para-hydroxylation sites is 1. The Labute approximate surface area is 157 Å². The molecule has 0 atom stereocenters. The lowest BCUT2D eigenvalue weighted by molar-refractivity contribution is -0.385. The van der Waals surface area contributed by atoms with Gasteiger partial charge in [0, 0.05) is 17.7 Å². The van der Waals surface area contributed by atoms with E-state index in [4.69, 9.17) is 16.3 Å². The van der Waals surface area contributed by atoms with Crippen LogP contribution in [-0.2, 0) is 16.1 Å². The van der Waals surface area contributed by atoms with Crippen LogP contribution in [0.5, 0.6) is 0 Å². The van der Waals surface area contributed by atoms with Gasteiger partial charge < -0.3 is 10.1 Å². The number of nitrogens with zero attached hydrogens (tertiary/aromatic N) is 2. The van der Waals surface area contributed by atoms with Gasteiger partial charge in [0.1, 0.15) is 18.2 Å². The van der Waals surface area contributed by atoms with Crippen molar-refractivity contribution in [3.05, 3.63) is 78.8 Å². The molecule has 0 saturated carbocycles. The van der Waals surface area contributed by atoms with Crippen LogP contribution in [0.2, 0.25) is 5.02 Å². The average Bonchev–Trinajstić information content (AvgIpc) is 2.64. The zero-order valence-electron chi connectivity index (χ0n) is 13.6. The van der Waals surface area contributed by atoms with E-state index < -0.39 is 34.0 Å². The molecule has 27 heavy (non-hydrogen) atoms. The Hall–Kier alpha value is -3.53. The normalized spacial score (nSPS) is 10.1. The molecule has 140 valence electrons.